The Morgan fingerprint density at radius 1 is 0.933 bits per heavy atom. The molecule has 3 aromatic rings. The maximum atomic E-state index is 6.00. The molecule has 1 N–H and O–H groups in total. The van der Waals surface area contributed by atoms with Crippen LogP contribution in [0.1, 0.15) is 11.1 Å². The summed E-state index contributed by atoms with van der Waals surface area (Å²) in [7, 11) is 1.65. The molecule has 0 atom stereocenters. The van der Waals surface area contributed by atoms with E-state index in [1.165, 1.54) is 0 Å². The second-order valence-corrected chi connectivity index (χ2v) is 7.12. The van der Waals surface area contributed by atoms with Crippen LogP contribution >= 0.6 is 0 Å². The molecule has 0 unspecified atom stereocenters. The Hall–Kier alpha value is -3.54. The van der Waals surface area contributed by atoms with Gasteiger partial charge in [0.2, 0.25) is 0 Å². The van der Waals surface area contributed by atoms with Gasteiger partial charge in [-0.25, -0.2) is 4.98 Å². The molecule has 1 aliphatic rings. The molecule has 2 aromatic carbocycles. The van der Waals surface area contributed by atoms with E-state index in [-0.39, 0.29) is 0 Å². The standard InChI is InChI=1S/C24H26N4O2/c1-29-22-11-10-21(17-23(22)30-19-20-7-3-2-4-8-20)18-26-28-15-13-27(14-16-28)24-9-5-6-12-25-24/h2-12,17-18H,13-16,19H2,1H3/p+1. The van der Waals surface area contributed by atoms with Crippen molar-refractivity contribution in [1.82, 2.24) is 5.01 Å². The fraction of sp³-hybridized carbons (Fsp3) is 0.250. The van der Waals surface area contributed by atoms with Crippen LogP contribution in [0.4, 0.5) is 5.82 Å². The van der Waals surface area contributed by atoms with Crippen molar-refractivity contribution in [2.75, 3.05) is 38.2 Å². The number of H-pyrrole nitrogens is 1. The second-order valence-electron chi connectivity index (χ2n) is 7.12. The van der Waals surface area contributed by atoms with Crippen molar-refractivity contribution >= 4 is 12.0 Å². The topological polar surface area (TPSA) is 51.4 Å². The van der Waals surface area contributed by atoms with E-state index in [9.17, 15) is 0 Å². The van der Waals surface area contributed by atoms with E-state index in [1.54, 1.807) is 7.11 Å². The van der Waals surface area contributed by atoms with Crippen LogP contribution in [0.15, 0.2) is 78.0 Å². The van der Waals surface area contributed by atoms with Gasteiger partial charge in [0.15, 0.2) is 11.5 Å². The zero-order chi connectivity index (χ0) is 20.6. The molecule has 0 radical (unpaired) electrons. The Morgan fingerprint density at radius 3 is 2.47 bits per heavy atom. The summed E-state index contributed by atoms with van der Waals surface area (Å²) in [5.41, 5.74) is 2.10. The first-order valence-electron chi connectivity index (χ1n) is 10.2. The second kappa shape index (κ2) is 9.78. The van der Waals surface area contributed by atoms with Crippen molar-refractivity contribution in [3.63, 3.8) is 0 Å². The zero-order valence-electron chi connectivity index (χ0n) is 17.2. The largest absolute Gasteiger partial charge is 0.493 e. The average Bonchev–Trinajstić information content (AvgIpc) is 2.83. The van der Waals surface area contributed by atoms with Crippen LogP contribution in [0.5, 0.6) is 11.5 Å². The van der Waals surface area contributed by atoms with Gasteiger partial charge in [-0.15, -0.1) is 0 Å². The highest BCUT2D eigenvalue weighted by Crippen LogP contribution is 2.28. The van der Waals surface area contributed by atoms with Crippen molar-refractivity contribution in [1.29, 1.82) is 0 Å². The lowest BCUT2D eigenvalue weighted by atomic mass is 10.2. The number of nitrogens with one attached hydrogen (secondary N) is 1. The first-order chi connectivity index (χ1) is 14.8. The highest BCUT2D eigenvalue weighted by molar-refractivity contribution is 5.80. The van der Waals surface area contributed by atoms with Crippen LogP contribution in [-0.2, 0) is 6.61 Å². The number of nitrogens with zero attached hydrogens (tertiary/aromatic N) is 3. The molecule has 2 heterocycles. The summed E-state index contributed by atoms with van der Waals surface area (Å²) >= 11 is 0. The molecule has 4 rings (SSSR count). The third-order valence-corrected chi connectivity index (χ3v) is 5.08. The van der Waals surface area contributed by atoms with Gasteiger partial charge in [-0.1, -0.05) is 36.4 Å². The van der Waals surface area contributed by atoms with Crippen LogP contribution in [0.3, 0.4) is 0 Å². The first kappa shape index (κ1) is 19.8. The van der Waals surface area contributed by atoms with E-state index in [4.69, 9.17) is 9.47 Å². The van der Waals surface area contributed by atoms with E-state index >= 15 is 0 Å². The summed E-state index contributed by atoms with van der Waals surface area (Å²) in [5, 5.41) is 6.78. The molecule has 154 valence electrons. The maximum absolute atomic E-state index is 6.00. The molecule has 6 nitrogen and oxygen atoms in total. The fourth-order valence-electron chi connectivity index (χ4n) is 3.40. The molecule has 0 spiro atoms. The Balaban J connectivity index is 1.36. The van der Waals surface area contributed by atoms with Crippen molar-refractivity contribution in [2.45, 2.75) is 6.61 Å². The Morgan fingerprint density at radius 2 is 1.73 bits per heavy atom. The Bertz CT molecular complexity index is 955. The first-order valence-corrected chi connectivity index (χ1v) is 10.2. The smallest absolute Gasteiger partial charge is 0.274 e. The van der Waals surface area contributed by atoms with E-state index in [0.29, 0.717) is 6.61 Å². The molecule has 0 amide bonds. The summed E-state index contributed by atoms with van der Waals surface area (Å²) in [6, 6.07) is 22.1. The van der Waals surface area contributed by atoms with Crippen LogP contribution < -0.4 is 19.4 Å². The fourth-order valence-corrected chi connectivity index (χ4v) is 3.40. The van der Waals surface area contributed by atoms with Crippen molar-refractivity contribution < 1.29 is 14.5 Å². The number of hydrogen-bond donors (Lipinski definition) is 0. The molecule has 0 aliphatic carbocycles. The molecule has 0 saturated carbocycles. The molecule has 30 heavy (non-hydrogen) atoms. The summed E-state index contributed by atoms with van der Waals surface area (Å²) < 4.78 is 11.4. The molecule has 1 fully saturated rings. The van der Waals surface area contributed by atoms with Gasteiger partial charge in [0.05, 0.1) is 32.6 Å². The van der Waals surface area contributed by atoms with E-state index in [1.807, 2.05) is 67.0 Å². The van der Waals surface area contributed by atoms with E-state index in [0.717, 1.165) is 54.6 Å². The lowest BCUT2D eigenvalue weighted by Crippen LogP contribution is -2.45. The van der Waals surface area contributed by atoms with Gasteiger partial charge in [0, 0.05) is 6.07 Å². The number of aromatic nitrogens is 1. The van der Waals surface area contributed by atoms with Gasteiger partial charge >= 0.3 is 0 Å². The highest BCUT2D eigenvalue weighted by Gasteiger charge is 2.21. The van der Waals surface area contributed by atoms with Crippen LogP contribution in [0, 0.1) is 0 Å². The van der Waals surface area contributed by atoms with Gasteiger partial charge in [-0.2, -0.15) is 5.10 Å². The number of ether oxygens (including phenoxy) is 2. The van der Waals surface area contributed by atoms with Gasteiger partial charge in [-0.3, -0.25) is 9.91 Å². The van der Waals surface area contributed by atoms with E-state index in [2.05, 4.69) is 32.1 Å². The van der Waals surface area contributed by atoms with Gasteiger partial charge < -0.3 is 9.47 Å². The van der Waals surface area contributed by atoms with Crippen LogP contribution in [0.2, 0.25) is 0 Å². The predicted octanol–water partition coefficient (Wildman–Crippen LogP) is 3.24. The van der Waals surface area contributed by atoms with Crippen LogP contribution in [0.25, 0.3) is 0 Å². The number of anilines is 1. The minimum atomic E-state index is 0.496. The summed E-state index contributed by atoms with van der Waals surface area (Å²) in [6.07, 6.45) is 3.85. The van der Waals surface area contributed by atoms with E-state index < -0.39 is 0 Å². The maximum Gasteiger partial charge on any atom is 0.274 e. The Labute approximate surface area is 177 Å². The number of hydrazone groups is 1. The number of pyridine rings is 1. The molecular weight excluding hydrogens is 376 g/mol. The number of hydrogen-bond acceptors (Lipinski definition) is 5. The number of rotatable bonds is 7. The molecule has 1 saturated heterocycles. The number of piperazine rings is 1. The number of benzene rings is 2. The van der Waals surface area contributed by atoms with Gasteiger partial charge in [0.1, 0.15) is 19.7 Å². The molecule has 1 aromatic heterocycles. The lowest BCUT2D eigenvalue weighted by molar-refractivity contribution is -0.364. The monoisotopic (exact) mass is 403 g/mol. The van der Waals surface area contributed by atoms with Gasteiger partial charge in [-0.05, 0) is 35.4 Å². The highest BCUT2D eigenvalue weighted by atomic mass is 16.5. The van der Waals surface area contributed by atoms with Crippen molar-refractivity contribution in [2.24, 2.45) is 5.10 Å². The normalized spacial score (nSPS) is 14.2. The number of aromatic amines is 1. The summed E-state index contributed by atoms with van der Waals surface area (Å²) in [4.78, 5) is 5.64. The van der Waals surface area contributed by atoms with Gasteiger partial charge in [0.25, 0.3) is 5.82 Å². The quantitative estimate of drug-likeness (QED) is 0.569. The zero-order valence-corrected chi connectivity index (χ0v) is 17.2. The SMILES string of the molecule is COc1ccc(C=NN2CCN(c3cccc[nH+]3)CC2)cc1OCc1ccccc1. The average molecular weight is 404 g/mol. The van der Waals surface area contributed by atoms with Crippen molar-refractivity contribution in [3.8, 4) is 11.5 Å². The molecule has 0 bridgehead atoms. The minimum Gasteiger partial charge on any atom is -0.493 e. The third-order valence-electron chi connectivity index (χ3n) is 5.08. The molecule has 6 heteroatoms. The number of methoxy groups -OCH3 is 1. The van der Waals surface area contributed by atoms with Crippen molar-refractivity contribution in [3.05, 3.63) is 84.1 Å². The minimum absolute atomic E-state index is 0.496. The summed E-state index contributed by atoms with van der Waals surface area (Å²) in [5.74, 6) is 2.59. The molecular formula is C24H27N4O2+. The molecule has 1 aliphatic heterocycles. The summed E-state index contributed by atoms with van der Waals surface area (Å²) in [6.45, 7) is 4.13. The Kier molecular flexibility index (Phi) is 6.44. The predicted molar refractivity (Wildman–Crippen MR) is 118 cm³/mol. The lowest BCUT2D eigenvalue weighted by Gasteiger charge is -2.28. The third kappa shape index (κ3) is 5.08. The van der Waals surface area contributed by atoms with Crippen LogP contribution in [-0.4, -0.2) is 44.5 Å².